The lowest BCUT2D eigenvalue weighted by Crippen LogP contribution is -2.57. The number of benzene rings is 4. The van der Waals surface area contributed by atoms with Gasteiger partial charge in [0.15, 0.2) is 0 Å². The molecule has 1 spiro atoms. The summed E-state index contributed by atoms with van der Waals surface area (Å²) in [6.07, 6.45) is 8.12. The number of aliphatic hydroxyl groups excluding tert-OH is 1. The van der Waals surface area contributed by atoms with Gasteiger partial charge in [-0.15, -0.1) is 0 Å². The number of hydrogen-bond acceptors (Lipinski definition) is 5. The first-order valence-corrected chi connectivity index (χ1v) is 17.1. The van der Waals surface area contributed by atoms with Crippen molar-refractivity contribution in [2.24, 2.45) is 11.8 Å². The Bertz CT molecular complexity index is 1980. The molecule has 0 aliphatic carbocycles. The van der Waals surface area contributed by atoms with E-state index >= 15 is 9.59 Å². The van der Waals surface area contributed by atoms with Crippen molar-refractivity contribution in [1.82, 2.24) is 9.80 Å². The molecule has 49 heavy (non-hydrogen) atoms. The number of nitrogens with zero attached hydrogens (tertiary/aromatic N) is 3. The van der Waals surface area contributed by atoms with E-state index < -0.39 is 41.7 Å². The highest BCUT2D eigenvalue weighted by Gasteiger charge is 2.76. The average Bonchev–Trinajstić information content (AvgIpc) is 3.43. The molecule has 2 fully saturated rings. The van der Waals surface area contributed by atoms with Gasteiger partial charge in [-0.3, -0.25) is 14.4 Å². The maximum absolute atomic E-state index is 15.2. The van der Waals surface area contributed by atoms with Crippen LogP contribution in [0.4, 0.5) is 5.69 Å². The summed E-state index contributed by atoms with van der Waals surface area (Å²) < 4.78 is 7.19. The number of carbonyl (C=O) groups is 3. The second kappa shape index (κ2) is 12.1. The molecule has 1 N–H and O–H groups in total. The van der Waals surface area contributed by atoms with Gasteiger partial charge in [0.2, 0.25) is 11.8 Å². The molecule has 3 amide bonds. The van der Waals surface area contributed by atoms with Crippen LogP contribution >= 0.6 is 0 Å². The Morgan fingerprint density at radius 2 is 1.47 bits per heavy atom. The van der Waals surface area contributed by atoms with E-state index in [2.05, 4.69) is 0 Å². The highest BCUT2D eigenvalue weighted by molar-refractivity contribution is 6.07. The summed E-state index contributed by atoms with van der Waals surface area (Å²) >= 11 is 0. The topological polar surface area (TPSA) is 90.4 Å². The minimum absolute atomic E-state index is 0.178. The van der Waals surface area contributed by atoms with E-state index in [0.717, 1.165) is 16.3 Å². The van der Waals surface area contributed by atoms with Crippen LogP contribution in [0.2, 0.25) is 0 Å². The van der Waals surface area contributed by atoms with E-state index in [1.807, 2.05) is 134 Å². The number of aliphatic hydroxyl groups is 1. The maximum atomic E-state index is 15.2. The van der Waals surface area contributed by atoms with E-state index in [1.54, 1.807) is 9.80 Å². The van der Waals surface area contributed by atoms with Crippen molar-refractivity contribution in [3.05, 3.63) is 139 Å². The molecule has 4 heterocycles. The van der Waals surface area contributed by atoms with Crippen molar-refractivity contribution in [2.75, 3.05) is 24.6 Å². The van der Waals surface area contributed by atoms with Gasteiger partial charge in [0.25, 0.3) is 5.91 Å². The SMILES string of the molecule is CC[C@@]12C=CCN(Cc3ccccc3)C(=O)[C@@H]1[C@H]1C(=O)N([C@H](CO)c3ccccc3)C3C(=O)N(c4ccc5ccccc5c4)CC=C[C@@]31O2. The lowest BCUT2D eigenvalue weighted by Gasteiger charge is -2.41. The molecule has 4 aliphatic heterocycles. The third-order valence-electron chi connectivity index (χ3n) is 10.9. The quantitative estimate of drug-likeness (QED) is 0.269. The fourth-order valence-electron chi connectivity index (χ4n) is 8.64. The molecule has 0 radical (unpaired) electrons. The van der Waals surface area contributed by atoms with Gasteiger partial charge in [-0.05, 0) is 40.5 Å². The number of likely N-dealkylation sites (tertiary alicyclic amines) is 1. The van der Waals surface area contributed by atoms with Crippen LogP contribution in [0.3, 0.4) is 0 Å². The molecule has 6 atom stereocenters. The van der Waals surface area contributed by atoms with Crippen molar-refractivity contribution in [3.63, 3.8) is 0 Å². The molecule has 1 unspecified atom stereocenters. The highest BCUT2D eigenvalue weighted by Crippen LogP contribution is 2.60. The van der Waals surface area contributed by atoms with Gasteiger partial charge in [-0.1, -0.05) is 122 Å². The number of hydrogen-bond donors (Lipinski definition) is 1. The van der Waals surface area contributed by atoms with Crippen LogP contribution in [0.1, 0.15) is 30.5 Å². The zero-order valence-corrected chi connectivity index (χ0v) is 27.4. The van der Waals surface area contributed by atoms with Crippen LogP contribution < -0.4 is 4.90 Å². The van der Waals surface area contributed by atoms with Gasteiger partial charge in [-0.25, -0.2) is 0 Å². The van der Waals surface area contributed by atoms with E-state index in [0.29, 0.717) is 30.8 Å². The van der Waals surface area contributed by atoms with Gasteiger partial charge >= 0.3 is 0 Å². The van der Waals surface area contributed by atoms with Crippen LogP contribution in [0.15, 0.2) is 127 Å². The van der Waals surface area contributed by atoms with Gasteiger partial charge in [0.05, 0.1) is 30.1 Å². The Hall–Kier alpha value is -5.05. The van der Waals surface area contributed by atoms with Gasteiger partial charge in [0.1, 0.15) is 11.6 Å². The summed E-state index contributed by atoms with van der Waals surface area (Å²) in [6.45, 7) is 2.59. The monoisotopic (exact) mass is 653 g/mol. The number of carbonyl (C=O) groups excluding carboxylic acids is 3. The van der Waals surface area contributed by atoms with Crippen molar-refractivity contribution >= 4 is 34.2 Å². The first-order valence-electron chi connectivity index (χ1n) is 17.1. The average molecular weight is 654 g/mol. The Labute approximate surface area is 285 Å². The summed E-state index contributed by atoms with van der Waals surface area (Å²) in [6, 6.07) is 31.0. The Balaban J connectivity index is 1.27. The number of ether oxygens (including phenoxy) is 1. The minimum atomic E-state index is -1.45. The van der Waals surface area contributed by atoms with Crippen LogP contribution in [-0.4, -0.2) is 69.6 Å². The molecule has 8 rings (SSSR count). The molecular weight excluding hydrogens is 614 g/mol. The first-order chi connectivity index (χ1) is 23.9. The Kier molecular flexibility index (Phi) is 7.73. The zero-order chi connectivity index (χ0) is 33.8. The van der Waals surface area contributed by atoms with Crippen molar-refractivity contribution in [1.29, 1.82) is 0 Å². The lowest BCUT2D eigenvalue weighted by molar-refractivity contribution is -0.153. The molecule has 4 aromatic rings. The Morgan fingerprint density at radius 3 is 2.20 bits per heavy atom. The molecule has 8 heteroatoms. The van der Waals surface area contributed by atoms with E-state index in [-0.39, 0.29) is 24.3 Å². The number of anilines is 1. The summed E-state index contributed by atoms with van der Waals surface area (Å²) in [5.41, 5.74) is -0.162. The smallest absolute Gasteiger partial charge is 0.253 e. The molecular formula is C41H39N3O5. The van der Waals surface area contributed by atoms with Crippen LogP contribution in [-0.2, 0) is 25.7 Å². The second-order valence-electron chi connectivity index (χ2n) is 13.5. The fraction of sp³-hybridized carbons (Fsp3) is 0.293. The molecule has 248 valence electrons. The van der Waals surface area contributed by atoms with Gasteiger partial charge in [0, 0.05) is 25.3 Å². The molecule has 4 aromatic carbocycles. The molecule has 0 saturated carbocycles. The fourth-order valence-corrected chi connectivity index (χ4v) is 8.64. The van der Waals surface area contributed by atoms with Gasteiger partial charge < -0.3 is 24.5 Å². The maximum Gasteiger partial charge on any atom is 0.253 e. The third kappa shape index (κ3) is 4.84. The van der Waals surface area contributed by atoms with Crippen LogP contribution in [0.5, 0.6) is 0 Å². The lowest BCUT2D eigenvalue weighted by atomic mass is 9.73. The number of rotatable bonds is 7. The highest BCUT2D eigenvalue weighted by atomic mass is 16.5. The van der Waals surface area contributed by atoms with Gasteiger partial charge in [-0.2, -0.15) is 0 Å². The number of fused-ring (bicyclic) bond motifs is 3. The predicted octanol–water partition coefficient (Wildman–Crippen LogP) is 5.44. The summed E-state index contributed by atoms with van der Waals surface area (Å²) in [7, 11) is 0. The van der Waals surface area contributed by atoms with Crippen molar-refractivity contribution in [3.8, 4) is 0 Å². The molecule has 0 bridgehead atoms. The normalized spacial score (nSPS) is 28.3. The van der Waals surface area contributed by atoms with E-state index in [9.17, 15) is 9.90 Å². The van der Waals surface area contributed by atoms with Crippen molar-refractivity contribution in [2.45, 2.75) is 43.2 Å². The third-order valence-corrected chi connectivity index (χ3v) is 10.9. The largest absolute Gasteiger partial charge is 0.394 e. The predicted molar refractivity (Wildman–Crippen MR) is 187 cm³/mol. The summed E-state index contributed by atoms with van der Waals surface area (Å²) in [5, 5.41) is 13.0. The van der Waals surface area contributed by atoms with Crippen molar-refractivity contribution < 1.29 is 24.2 Å². The van der Waals surface area contributed by atoms with E-state index in [1.165, 1.54) is 4.90 Å². The molecule has 4 aliphatic rings. The molecule has 2 saturated heterocycles. The van der Waals surface area contributed by atoms with E-state index in [4.69, 9.17) is 4.74 Å². The summed E-state index contributed by atoms with van der Waals surface area (Å²) in [5.74, 6) is -2.72. The van der Waals surface area contributed by atoms with Crippen LogP contribution in [0.25, 0.3) is 10.8 Å². The molecule has 0 aromatic heterocycles. The first kappa shape index (κ1) is 31.2. The minimum Gasteiger partial charge on any atom is -0.394 e. The number of amides is 3. The molecule has 8 nitrogen and oxygen atoms in total. The van der Waals surface area contributed by atoms with Crippen LogP contribution in [0, 0.1) is 11.8 Å². The zero-order valence-electron chi connectivity index (χ0n) is 27.4. The second-order valence-corrected chi connectivity index (χ2v) is 13.5. The summed E-state index contributed by atoms with van der Waals surface area (Å²) in [4.78, 5) is 50.2. The Morgan fingerprint density at radius 1 is 0.776 bits per heavy atom. The standard InChI is InChI=1S/C41H39N3O5/c1-2-40-21-11-23-42(26-28-13-5-3-6-14-28)37(46)34(40)35-38(47)44(33(27-45)30-16-7-4-8-17-30)36-39(48)43(24-12-22-41(35,36)49-40)32-20-19-29-15-9-10-18-31(29)25-32/h3-22,25,33-36,45H,2,23-24,26-27H2,1H3/t33-,34+,35+,36?,40-,41+/m1/s1.